The molecule has 1 N–H and O–H groups in total. The zero-order valence-corrected chi connectivity index (χ0v) is 15.2. The summed E-state index contributed by atoms with van der Waals surface area (Å²) in [6.07, 6.45) is 6.41. The molecule has 0 amide bonds. The minimum Gasteiger partial charge on any atom is -0.381 e. The molecular weight excluding hydrogens is 318 g/mol. The van der Waals surface area contributed by atoms with Crippen LogP contribution in [0.4, 0.5) is 5.69 Å². The second kappa shape index (κ2) is 6.40. The number of hydrogen-bond acceptors (Lipinski definition) is 3. The molecule has 5 rings (SSSR count). The van der Waals surface area contributed by atoms with Crippen molar-refractivity contribution in [1.29, 1.82) is 0 Å². The quantitative estimate of drug-likeness (QED) is 0.749. The first-order valence-corrected chi connectivity index (χ1v) is 9.65. The van der Waals surface area contributed by atoms with Gasteiger partial charge in [0.25, 0.3) is 0 Å². The van der Waals surface area contributed by atoms with Crippen molar-refractivity contribution in [2.45, 2.75) is 38.4 Å². The van der Waals surface area contributed by atoms with Crippen LogP contribution in [0.3, 0.4) is 0 Å². The van der Waals surface area contributed by atoms with Gasteiger partial charge in [-0.1, -0.05) is 42.0 Å². The van der Waals surface area contributed by atoms with E-state index in [2.05, 4.69) is 70.7 Å². The van der Waals surface area contributed by atoms with Crippen LogP contribution in [0, 0.1) is 12.8 Å². The zero-order chi connectivity index (χ0) is 17.5. The maximum Gasteiger partial charge on any atom is 0.0423 e. The summed E-state index contributed by atoms with van der Waals surface area (Å²) in [6, 6.07) is 18.9. The van der Waals surface area contributed by atoms with Crippen molar-refractivity contribution in [2.75, 3.05) is 11.9 Å². The summed E-state index contributed by atoms with van der Waals surface area (Å²) in [4.78, 5) is 6.93. The van der Waals surface area contributed by atoms with Crippen molar-refractivity contribution in [1.82, 2.24) is 9.88 Å². The van der Waals surface area contributed by atoms with Gasteiger partial charge >= 0.3 is 0 Å². The third-order valence-corrected chi connectivity index (χ3v) is 6.18. The second-order valence-corrected chi connectivity index (χ2v) is 7.95. The molecule has 0 spiro atoms. The van der Waals surface area contributed by atoms with Crippen LogP contribution in [0.25, 0.3) is 10.8 Å². The molecule has 0 radical (unpaired) electrons. The molecule has 3 heteroatoms. The molecule has 2 bridgehead atoms. The van der Waals surface area contributed by atoms with Crippen LogP contribution in [0.1, 0.15) is 24.0 Å². The van der Waals surface area contributed by atoms with Gasteiger partial charge in [0.05, 0.1) is 0 Å². The van der Waals surface area contributed by atoms with E-state index in [0.29, 0.717) is 6.04 Å². The lowest BCUT2D eigenvalue weighted by Crippen LogP contribution is -2.40. The maximum atomic E-state index is 4.24. The number of nitrogens with zero attached hydrogens (tertiary/aromatic N) is 2. The number of likely N-dealkylation sites (tertiary alicyclic amines) is 1. The number of aromatic nitrogens is 1. The first-order valence-electron chi connectivity index (χ1n) is 9.65. The number of hydrogen-bond donors (Lipinski definition) is 1. The molecule has 132 valence electrons. The van der Waals surface area contributed by atoms with Gasteiger partial charge in [0.15, 0.2) is 0 Å². The van der Waals surface area contributed by atoms with Gasteiger partial charge in [0.1, 0.15) is 0 Å². The van der Waals surface area contributed by atoms with Gasteiger partial charge in [0.2, 0.25) is 0 Å². The van der Waals surface area contributed by atoms with Gasteiger partial charge in [-0.2, -0.15) is 0 Å². The number of benzene rings is 2. The van der Waals surface area contributed by atoms with Crippen molar-refractivity contribution >= 4 is 16.5 Å². The van der Waals surface area contributed by atoms with Crippen molar-refractivity contribution in [3.63, 3.8) is 0 Å². The van der Waals surface area contributed by atoms with Crippen molar-refractivity contribution in [3.05, 3.63) is 72.1 Å². The highest BCUT2D eigenvalue weighted by Crippen LogP contribution is 2.40. The zero-order valence-electron chi connectivity index (χ0n) is 15.2. The van der Waals surface area contributed by atoms with Gasteiger partial charge in [-0.15, -0.1) is 0 Å². The Morgan fingerprint density at radius 3 is 2.77 bits per heavy atom. The molecule has 2 aromatic carbocycles. The topological polar surface area (TPSA) is 28.2 Å². The summed E-state index contributed by atoms with van der Waals surface area (Å²) in [6.45, 7) is 4.46. The summed E-state index contributed by atoms with van der Waals surface area (Å²) in [5, 5.41) is 6.34. The van der Waals surface area contributed by atoms with Gasteiger partial charge in [-0.25, -0.2) is 0 Å². The third kappa shape index (κ3) is 2.86. The fourth-order valence-corrected chi connectivity index (χ4v) is 4.79. The highest BCUT2D eigenvalue weighted by atomic mass is 15.2. The number of nitrogens with one attached hydrogen (secondary N) is 1. The molecule has 1 aliphatic heterocycles. The highest BCUT2D eigenvalue weighted by Gasteiger charge is 2.44. The molecule has 3 atom stereocenters. The third-order valence-electron chi connectivity index (χ3n) is 6.18. The van der Waals surface area contributed by atoms with Gasteiger partial charge in [-0.3, -0.25) is 9.88 Å². The van der Waals surface area contributed by atoms with Gasteiger partial charge < -0.3 is 5.32 Å². The Labute approximate surface area is 155 Å². The van der Waals surface area contributed by atoms with E-state index in [1.165, 1.54) is 47.0 Å². The molecule has 2 heterocycles. The summed E-state index contributed by atoms with van der Waals surface area (Å²) < 4.78 is 0. The van der Waals surface area contributed by atoms with Crippen LogP contribution < -0.4 is 5.32 Å². The van der Waals surface area contributed by atoms with Gasteiger partial charge in [0, 0.05) is 54.0 Å². The first kappa shape index (κ1) is 15.8. The summed E-state index contributed by atoms with van der Waals surface area (Å²) in [5.74, 6) is 0.752. The fraction of sp³-hybridized carbons (Fsp3) is 0.348. The van der Waals surface area contributed by atoms with Crippen LogP contribution >= 0.6 is 0 Å². The van der Waals surface area contributed by atoms with Crippen molar-refractivity contribution < 1.29 is 0 Å². The van der Waals surface area contributed by atoms with E-state index in [9.17, 15) is 0 Å². The highest BCUT2D eigenvalue weighted by molar-refractivity contribution is 5.93. The van der Waals surface area contributed by atoms with E-state index in [1.54, 1.807) is 0 Å². The van der Waals surface area contributed by atoms with Crippen LogP contribution in [0.5, 0.6) is 0 Å². The Balaban J connectivity index is 1.28. The Kier molecular flexibility index (Phi) is 3.90. The number of pyridine rings is 1. The standard InChI is InChI=1S/C23H25N3/c1-16-5-7-17(8-6-16)14-26-15-19-11-20(26)12-23(19)25-22-4-2-3-18-13-24-10-9-21(18)22/h2-10,13,19-20,23,25H,11-12,14-15H2,1H3. The Morgan fingerprint density at radius 1 is 1.08 bits per heavy atom. The largest absolute Gasteiger partial charge is 0.381 e. The van der Waals surface area contributed by atoms with Crippen LogP contribution in [0.15, 0.2) is 60.9 Å². The normalized spacial score (nSPS) is 25.0. The first-order chi connectivity index (χ1) is 12.8. The van der Waals surface area contributed by atoms with Crippen LogP contribution in [-0.2, 0) is 6.54 Å². The lowest BCUT2D eigenvalue weighted by molar-refractivity contribution is 0.197. The average molecular weight is 343 g/mol. The van der Waals surface area contributed by atoms with Crippen molar-refractivity contribution in [3.8, 4) is 0 Å². The predicted molar refractivity (Wildman–Crippen MR) is 107 cm³/mol. The number of aryl methyl sites for hydroxylation is 1. The molecule has 2 aliphatic rings. The molecule has 1 saturated carbocycles. The van der Waals surface area contributed by atoms with E-state index in [1.807, 2.05) is 12.4 Å². The van der Waals surface area contributed by atoms with Gasteiger partial charge in [-0.05, 0) is 43.4 Å². The molecule has 1 saturated heterocycles. The van der Waals surface area contributed by atoms with E-state index >= 15 is 0 Å². The smallest absolute Gasteiger partial charge is 0.0423 e. The number of rotatable bonds is 4. The second-order valence-electron chi connectivity index (χ2n) is 7.95. The summed E-state index contributed by atoms with van der Waals surface area (Å²) in [7, 11) is 0. The Hall–Kier alpha value is -2.39. The van der Waals surface area contributed by atoms with E-state index in [-0.39, 0.29) is 0 Å². The molecule has 1 aliphatic carbocycles. The molecule has 3 aromatic rings. The minimum absolute atomic E-state index is 0.591. The van der Waals surface area contributed by atoms with E-state index in [0.717, 1.165) is 18.5 Å². The summed E-state index contributed by atoms with van der Waals surface area (Å²) >= 11 is 0. The van der Waals surface area contributed by atoms with Crippen molar-refractivity contribution in [2.24, 2.45) is 5.92 Å². The lowest BCUT2D eigenvalue weighted by atomic mass is 10.0. The Bertz CT molecular complexity index is 913. The average Bonchev–Trinajstić information content (AvgIpc) is 3.24. The molecule has 3 unspecified atom stereocenters. The molecule has 3 nitrogen and oxygen atoms in total. The molecular formula is C23H25N3. The molecule has 26 heavy (non-hydrogen) atoms. The van der Waals surface area contributed by atoms with E-state index < -0.39 is 0 Å². The summed E-state index contributed by atoms with van der Waals surface area (Å²) in [5.41, 5.74) is 4.04. The molecule has 2 fully saturated rings. The Morgan fingerprint density at radius 2 is 1.96 bits per heavy atom. The monoisotopic (exact) mass is 343 g/mol. The van der Waals surface area contributed by atoms with Crippen LogP contribution in [0.2, 0.25) is 0 Å². The predicted octanol–water partition coefficient (Wildman–Crippen LogP) is 4.62. The minimum atomic E-state index is 0.591. The van der Waals surface area contributed by atoms with E-state index in [4.69, 9.17) is 0 Å². The van der Waals surface area contributed by atoms with Crippen LogP contribution in [-0.4, -0.2) is 28.5 Å². The molecule has 1 aromatic heterocycles. The fourth-order valence-electron chi connectivity index (χ4n) is 4.79. The lowest BCUT2D eigenvalue weighted by Gasteiger charge is -2.32. The SMILES string of the molecule is Cc1ccc(CN2CC3CC2CC3Nc2cccc3cnccc23)cc1. The maximum absolute atomic E-state index is 4.24. The number of piperidine rings is 1. The number of anilines is 1. The number of fused-ring (bicyclic) bond motifs is 3.